The molecule has 1 fully saturated rings. The first-order valence-corrected chi connectivity index (χ1v) is 7.02. The predicted molar refractivity (Wildman–Crippen MR) is 74.9 cm³/mol. The second-order valence-corrected chi connectivity index (χ2v) is 5.67. The van der Waals surface area contributed by atoms with Gasteiger partial charge in [0.1, 0.15) is 0 Å². The number of nitrogens with one attached hydrogen (secondary N) is 1. The average molecular weight is 312 g/mol. The van der Waals surface area contributed by atoms with Gasteiger partial charge >= 0.3 is 0 Å². The lowest BCUT2D eigenvalue weighted by molar-refractivity contribution is 0.0696. The van der Waals surface area contributed by atoms with Crippen LogP contribution in [-0.2, 0) is 4.74 Å². The maximum Gasteiger partial charge on any atom is 0.251 e. The van der Waals surface area contributed by atoms with Crippen LogP contribution >= 0.6 is 15.9 Å². The van der Waals surface area contributed by atoms with Gasteiger partial charge in [0.2, 0.25) is 0 Å². The Morgan fingerprint density at radius 3 is 2.67 bits per heavy atom. The van der Waals surface area contributed by atoms with Gasteiger partial charge < -0.3 is 10.1 Å². The summed E-state index contributed by atoms with van der Waals surface area (Å²) in [5.74, 6) is 0.0174. The topological polar surface area (TPSA) is 38.3 Å². The quantitative estimate of drug-likeness (QED) is 0.912. The van der Waals surface area contributed by atoms with Crippen LogP contribution in [0.2, 0.25) is 0 Å². The molecule has 1 aliphatic rings. The molecule has 1 aromatic rings. The van der Waals surface area contributed by atoms with Gasteiger partial charge in [-0.2, -0.15) is 0 Å². The molecule has 0 spiro atoms. The van der Waals surface area contributed by atoms with Crippen LogP contribution in [0, 0.1) is 13.8 Å². The monoisotopic (exact) mass is 311 g/mol. The van der Waals surface area contributed by atoms with E-state index in [-0.39, 0.29) is 11.9 Å². The second kappa shape index (κ2) is 5.85. The van der Waals surface area contributed by atoms with Gasteiger partial charge in [0, 0.05) is 29.3 Å². The van der Waals surface area contributed by atoms with Crippen molar-refractivity contribution >= 4 is 21.8 Å². The molecular weight excluding hydrogens is 294 g/mol. The molecule has 1 aliphatic heterocycles. The molecule has 18 heavy (non-hydrogen) atoms. The Hall–Kier alpha value is -0.870. The van der Waals surface area contributed by atoms with E-state index in [1.165, 1.54) is 0 Å². The molecular formula is C14H18BrNO2. The van der Waals surface area contributed by atoms with Crippen LogP contribution in [0.4, 0.5) is 0 Å². The maximum atomic E-state index is 12.3. The first kappa shape index (κ1) is 13.6. The Morgan fingerprint density at radius 2 is 2.00 bits per heavy atom. The van der Waals surface area contributed by atoms with Crippen molar-refractivity contribution in [3.63, 3.8) is 0 Å². The van der Waals surface area contributed by atoms with E-state index in [1.54, 1.807) is 0 Å². The summed E-state index contributed by atoms with van der Waals surface area (Å²) in [6, 6.07) is 4.15. The fourth-order valence-electron chi connectivity index (χ4n) is 2.16. The third-order valence-corrected chi connectivity index (χ3v) is 3.89. The van der Waals surface area contributed by atoms with Gasteiger partial charge in [0.15, 0.2) is 0 Å². The predicted octanol–water partition coefficient (Wildman–Crippen LogP) is 2.97. The van der Waals surface area contributed by atoms with E-state index in [4.69, 9.17) is 4.74 Å². The fraction of sp³-hybridized carbons (Fsp3) is 0.500. The summed E-state index contributed by atoms with van der Waals surface area (Å²) in [6.07, 6.45) is 1.80. The molecule has 0 saturated carbocycles. The van der Waals surface area contributed by atoms with Crippen molar-refractivity contribution < 1.29 is 9.53 Å². The van der Waals surface area contributed by atoms with Crippen molar-refractivity contribution in [2.75, 3.05) is 13.2 Å². The molecule has 1 heterocycles. The molecule has 0 atom stereocenters. The lowest BCUT2D eigenvalue weighted by atomic mass is 10.0. The zero-order valence-corrected chi connectivity index (χ0v) is 12.3. The summed E-state index contributed by atoms with van der Waals surface area (Å²) in [4.78, 5) is 12.3. The number of hydrogen-bond acceptors (Lipinski definition) is 2. The number of carbonyl (C=O) groups is 1. The van der Waals surface area contributed by atoms with Crippen LogP contribution in [-0.4, -0.2) is 25.2 Å². The van der Waals surface area contributed by atoms with Gasteiger partial charge in [-0.25, -0.2) is 0 Å². The molecule has 1 amide bonds. The van der Waals surface area contributed by atoms with Gasteiger partial charge in [-0.3, -0.25) is 4.79 Å². The maximum absolute atomic E-state index is 12.3. The highest BCUT2D eigenvalue weighted by Gasteiger charge is 2.18. The van der Waals surface area contributed by atoms with Crippen molar-refractivity contribution in [3.05, 3.63) is 33.3 Å². The van der Waals surface area contributed by atoms with E-state index >= 15 is 0 Å². The first-order valence-electron chi connectivity index (χ1n) is 6.23. The minimum Gasteiger partial charge on any atom is -0.381 e. The SMILES string of the molecule is Cc1cc(Br)cc(C(=O)NC2CCOCC2)c1C. The fourth-order valence-corrected chi connectivity index (χ4v) is 2.73. The zero-order chi connectivity index (χ0) is 13.1. The molecule has 2 rings (SSSR count). The van der Waals surface area contributed by atoms with Gasteiger partial charge in [-0.15, -0.1) is 0 Å². The lowest BCUT2D eigenvalue weighted by Crippen LogP contribution is -2.39. The van der Waals surface area contributed by atoms with Crippen molar-refractivity contribution in [1.82, 2.24) is 5.32 Å². The number of halogens is 1. The largest absolute Gasteiger partial charge is 0.381 e. The average Bonchev–Trinajstić information content (AvgIpc) is 2.35. The highest BCUT2D eigenvalue weighted by atomic mass is 79.9. The van der Waals surface area contributed by atoms with Crippen LogP contribution in [0.1, 0.15) is 34.3 Å². The molecule has 1 N–H and O–H groups in total. The summed E-state index contributed by atoms with van der Waals surface area (Å²) in [7, 11) is 0. The number of hydrogen-bond donors (Lipinski definition) is 1. The molecule has 0 aromatic heterocycles. The van der Waals surface area contributed by atoms with Crippen molar-refractivity contribution in [3.8, 4) is 0 Å². The summed E-state index contributed by atoms with van der Waals surface area (Å²) >= 11 is 3.44. The van der Waals surface area contributed by atoms with Crippen molar-refractivity contribution in [1.29, 1.82) is 0 Å². The Balaban J connectivity index is 2.13. The number of benzene rings is 1. The summed E-state index contributed by atoms with van der Waals surface area (Å²) in [6.45, 7) is 5.48. The minimum atomic E-state index is 0.0174. The molecule has 0 radical (unpaired) electrons. The van der Waals surface area contributed by atoms with E-state index in [0.29, 0.717) is 0 Å². The molecule has 98 valence electrons. The van der Waals surface area contributed by atoms with Crippen molar-refractivity contribution in [2.24, 2.45) is 0 Å². The normalized spacial score (nSPS) is 16.6. The van der Waals surface area contributed by atoms with Crippen LogP contribution in [0.3, 0.4) is 0 Å². The number of amides is 1. The van der Waals surface area contributed by atoms with Gasteiger partial charge in [-0.1, -0.05) is 15.9 Å². The Bertz CT molecular complexity index is 453. The third-order valence-electron chi connectivity index (χ3n) is 3.43. The summed E-state index contributed by atoms with van der Waals surface area (Å²) in [5, 5.41) is 3.09. The number of aryl methyl sites for hydroxylation is 1. The second-order valence-electron chi connectivity index (χ2n) is 4.76. The molecule has 4 heteroatoms. The molecule has 3 nitrogen and oxygen atoms in total. The number of ether oxygens (including phenoxy) is 1. The highest BCUT2D eigenvalue weighted by Crippen LogP contribution is 2.21. The summed E-state index contributed by atoms with van der Waals surface area (Å²) in [5.41, 5.74) is 2.93. The molecule has 1 aromatic carbocycles. The smallest absolute Gasteiger partial charge is 0.251 e. The standard InChI is InChI=1S/C14H18BrNO2/c1-9-7-11(15)8-13(10(9)2)14(17)16-12-3-5-18-6-4-12/h7-8,12H,3-6H2,1-2H3,(H,16,17). The van der Waals surface area contributed by atoms with Crippen LogP contribution in [0.5, 0.6) is 0 Å². The van der Waals surface area contributed by atoms with Crippen LogP contribution in [0.15, 0.2) is 16.6 Å². The summed E-state index contributed by atoms with van der Waals surface area (Å²) < 4.78 is 6.24. The Labute approximate surface area is 116 Å². The highest BCUT2D eigenvalue weighted by molar-refractivity contribution is 9.10. The molecule has 0 aliphatic carbocycles. The first-order chi connectivity index (χ1) is 8.58. The Morgan fingerprint density at radius 1 is 1.33 bits per heavy atom. The molecule has 0 bridgehead atoms. The lowest BCUT2D eigenvalue weighted by Gasteiger charge is -2.23. The Kier molecular flexibility index (Phi) is 4.40. The van der Waals surface area contributed by atoms with Gasteiger partial charge in [-0.05, 0) is 49.9 Å². The zero-order valence-electron chi connectivity index (χ0n) is 10.8. The van der Waals surface area contributed by atoms with Crippen LogP contribution < -0.4 is 5.32 Å². The van der Waals surface area contributed by atoms with Gasteiger partial charge in [0.05, 0.1) is 0 Å². The van der Waals surface area contributed by atoms with E-state index in [0.717, 1.165) is 47.2 Å². The van der Waals surface area contributed by atoms with E-state index in [1.807, 2.05) is 26.0 Å². The van der Waals surface area contributed by atoms with Gasteiger partial charge in [0.25, 0.3) is 5.91 Å². The van der Waals surface area contributed by atoms with Crippen LogP contribution in [0.25, 0.3) is 0 Å². The third kappa shape index (κ3) is 3.12. The molecule has 0 unspecified atom stereocenters. The molecule has 1 saturated heterocycles. The van der Waals surface area contributed by atoms with E-state index in [2.05, 4.69) is 21.2 Å². The van der Waals surface area contributed by atoms with Crippen molar-refractivity contribution in [2.45, 2.75) is 32.7 Å². The van der Waals surface area contributed by atoms with E-state index in [9.17, 15) is 4.79 Å². The number of carbonyl (C=O) groups excluding carboxylic acids is 1. The minimum absolute atomic E-state index is 0.0174. The van der Waals surface area contributed by atoms with E-state index < -0.39 is 0 Å². The number of rotatable bonds is 2.